The topological polar surface area (TPSA) is 32.3 Å². The molecule has 2 heteroatoms. The summed E-state index contributed by atoms with van der Waals surface area (Å²) < 4.78 is 0. The van der Waals surface area contributed by atoms with E-state index in [1.807, 2.05) is 0 Å². The molecule has 2 aliphatic carbocycles. The predicted octanol–water partition coefficient (Wildman–Crippen LogP) is 3.10. The zero-order valence-electron chi connectivity index (χ0n) is 11.8. The van der Waals surface area contributed by atoms with Crippen LogP contribution in [-0.4, -0.2) is 23.3 Å². The van der Waals surface area contributed by atoms with Crippen molar-refractivity contribution in [2.45, 2.75) is 77.4 Å². The van der Waals surface area contributed by atoms with Gasteiger partial charge in [0.15, 0.2) is 0 Å². The highest BCUT2D eigenvalue weighted by molar-refractivity contribution is 4.91. The SMILES string of the molecule is CC(CC1CC1)NCC1(O)CCC(C)(C)CC1. The highest BCUT2D eigenvalue weighted by Gasteiger charge is 2.36. The van der Waals surface area contributed by atoms with E-state index in [9.17, 15) is 5.11 Å². The molecule has 0 radical (unpaired) electrons. The van der Waals surface area contributed by atoms with Crippen molar-refractivity contribution in [1.29, 1.82) is 0 Å². The minimum absolute atomic E-state index is 0.436. The zero-order valence-corrected chi connectivity index (χ0v) is 11.8. The van der Waals surface area contributed by atoms with Gasteiger partial charge in [-0.15, -0.1) is 0 Å². The number of nitrogens with one attached hydrogen (secondary N) is 1. The molecule has 0 saturated heterocycles. The summed E-state index contributed by atoms with van der Waals surface area (Å²) in [5.41, 5.74) is -0.000804. The van der Waals surface area contributed by atoms with Crippen molar-refractivity contribution in [3.05, 3.63) is 0 Å². The van der Waals surface area contributed by atoms with E-state index in [0.29, 0.717) is 11.5 Å². The first-order valence-electron chi connectivity index (χ1n) is 7.34. The fourth-order valence-electron chi connectivity index (χ4n) is 2.87. The van der Waals surface area contributed by atoms with E-state index < -0.39 is 5.60 Å². The maximum Gasteiger partial charge on any atom is 0.0772 e. The van der Waals surface area contributed by atoms with Crippen molar-refractivity contribution in [2.24, 2.45) is 11.3 Å². The van der Waals surface area contributed by atoms with Crippen LogP contribution >= 0.6 is 0 Å². The normalized spacial score (nSPS) is 28.9. The lowest BCUT2D eigenvalue weighted by molar-refractivity contribution is -0.0259. The van der Waals surface area contributed by atoms with Crippen LogP contribution in [0.5, 0.6) is 0 Å². The van der Waals surface area contributed by atoms with Crippen LogP contribution in [0.1, 0.15) is 65.7 Å². The van der Waals surface area contributed by atoms with Crippen LogP contribution in [0.2, 0.25) is 0 Å². The van der Waals surface area contributed by atoms with Gasteiger partial charge in [0.1, 0.15) is 0 Å². The van der Waals surface area contributed by atoms with Crippen LogP contribution in [0.3, 0.4) is 0 Å². The summed E-state index contributed by atoms with van der Waals surface area (Å²) in [6.45, 7) is 7.68. The van der Waals surface area contributed by atoms with E-state index in [1.165, 1.54) is 19.3 Å². The molecule has 1 atom stereocenters. The van der Waals surface area contributed by atoms with Crippen LogP contribution in [0.4, 0.5) is 0 Å². The van der Waals surface area contributed by atoms with Gasteiger partial charge in [0.25, 0.3) is 0 Å². The molecule has 2 aliphatic rings. The van der Waals surface area contributed by atoms with E-state index in [0.717, 1.165) is 38.1 Å². The Morgan fingerprint density at radius 2 is 1.76 bits per heavy atom. The molecule has 0 heterocycles. The highest BCUT2D eigenvalue weighted by Crippen LogP contribution is 2.40. The van der Waals surface area contributed by atoms with Gasteiger partial charge in [0.05, 0.1) is 5.60 Å². The molecular formula is C15H29NO. The molecule has 0 aromatic heterocycles. The number of aliphatic hydroxyl groups is 1. The first kappa shape index (κ1) is 13.4. The van der Waals surface area contributed by atoms with Gasteiger partial charge in [0.2, 0.25) is 0 Å². The summed E-state index contributed by atoms with van der Waals surface area (Å²) in [6.07, 6.45) is 8.37. The van der Waals surface area contributed by atoms with Gasteiger partial charge >= 0.3 is 0 Å². The van der Waals surface area contributed by atoms with Crippen molar-refractivity contribution in [1.82, 2.24) is 5.32 Å². The average molecular weight is 239 g/mol. The Kier molecular flexibility index (Phi) is 3.84. The molecule has 1 unspecified atom stereocenters. The van der Waals surface area contributed by atoms with Crippen LogP contribution in [0.25, 0.3) is 0 Å². The van der Waals surface area contributed by atoms with Crippen molar-refractivity contribution >= 4 is 0 Å². The first-order valence-corrected chi connectivity index (χ1v) is 7.34. The average Bonchev–Trinajstić information content (AvgIpc) is 3.05. The third-order valence-electron chi connectivity index (χ3n) is 4.70. The Hall–Kier alpha value is -0.0800. The molecule has 2 fully saturated rings. The van der Waals surface area contributed by atoms with Crippen molar-refractivity contribution in [3.63, 3.8) is 0 Å². The van der Waals surface area contributed by atoms with Gasteiger partial charge < -0.3 is 10.4 Å². The fourth-order valence-corrected chi connectivity index (χ4v) is 2.87. The third-order valence-corrected chi connectivity index (χ3v) is 4.70. The Bertz CT molecular complexity index is 248. The summed E-state index contributed by atoms with van der Waals surface area (Å²) in [7, 11) is 0. The molecule has 0 aromatic rings. The summed E-state index contributed by atoms with van der Waals surface area (Å²) in [5.74, 6) is 0.970. The van der Waals surface area contributed by atoms with Crippen molar-refractivity contribution in [2.75, 3.05) is 6.54 Å². The second kappa shape index (κ2) is 4.89. The van der Waals surface area contributed by atoms with E-state index in [4.69, 9.17) is 0 Å². The molecule has 17 heavy (non-hydrogen) atoms. The minimum Gasteiger partial charge on any atom is -0.389 e. The minimum atomic E-state index is -0.437. The summed E-state index contributed by atoms with van der Waals surface area (Å²) in [5, 5.41) is 14.1. The molecular weight excluding hydrogens is 210 g/mol. The largest absolute Gasteiger partial charge is 0.389 e. The summed E-state index contributed by atoms with van der Waals surface area (Å²) in [4.78, 5) is 0. The Morgan fingerprint density at radius 3 is 2.29 bits per heavy atom. The van der Waals surface area contributed by atoms with E-state index in [1.54, 1.807) is 0 Å². The second-order valence-electron chi connectivity index (χ2n) is 7.35. The molecule has 2 N–H and O–H groups in total. The fraction of sp³-hybridized carbons (Fsp3) is 1.00. The van der Waals surface area contributed by atoms with Gasteiger partial charge in [-0.25, -0.2) is 0 Å². The van der Waals surface area contributed by atoms with Crippen LogP contribution in [0, 0.1) is 11.3 Å². The van der Waals surface area contributed by atoms with Gasteiger partial charge in [-0.1, -0.05) is 26.7 Å². The lowest BCUT2D eigenvalue weighted by Gasteiger charge is -2.40. The zero-order chi connectivity index (χ0) is 12.5. The second-order valence-corrected chi connectivity index (χ2v) is 7.35. The van der Waals surface area contributed by atoms with E-state index in [-0.39, 0.29) is 0 Å². The molecule has 0 aromatic carbocycles. The molecule has 2 rings (SSSR count). The first-order chi connectivity index (χ1) is 7.89. The summed E-state index contributed by atoms with van der Waals surface area (Å²) in [6, 6.07) is 0.571. The quantitative estimate of drug-likeness (QED) is 0.772. The Labute approximate surface area is 106 Å². The van der Waals surface area contributed by atoms with Crippen molar-refractivity contribution in [3.8, 4) is 0 Å². The molecule has 0 spiro atoms. The van der Waals surface area contributed by atoms with Gasteiger partial charge in [-0.3, -0.25) is 0 Å². The molecule has 0 aliphatic heterocycles. The van der Waals surface area contributed by atoms with Gasteiger partial charge in [-0.2, -0.15) is 0 Å². The molecule has 0 bridgehead atoms. The molecule has 2 nitrogen and oxygen atoms in total. The lowest BCUT2D eigenvalue weighted by Crippen LogP contribution is -2.47. The van der Waals surface area contributed by atoms with Crippen LogP contribution in [-0.2, 0) is 0 Å². The molecule has 0 amide bonds. The maximum absolute atomic E-state index is 10.5. The number of hydrogen-bond acceptors (Lipinski definition) is 2. The highest BCUT2D eigenvalue weighted by atomic mass is 16.3. The number of hydrogen-bond donors (Lipinski definition) is 2. The number of rotatable bonds is 5. The van der Waals surface area contributed by atoms with Gasteiger partial charge in [0, 0.05) is 12.6 Å². The smallest absolute Gasteiger partial charge is 0.0772 e. The standard InChI is InChI=1S/C15H29NO/c1-12(10-13-4-5-13)16-11-15(17)8-6-14(2,3)7-9-15/h12-13,16-17H,4-11H2,1-3H3. The van der Waals surface area contributed by atoms with Gasteiger partial charge in [-0.05, 0) is 50.4 Å². The Balaban J connectivity index is 1.70. The van der Waals surface area contributed by atoms with E-state index in [2.05, 4.69) is 26.1 Å². The monoisotopic (exact) mass is 239 g/mol. The predicted molar refractivity (Wildman–Crippen MR) is 72.0 cm³/mol. The molecule has 2 saturated carbocycles. The van der Waals surface area contributed by atoms with E-state index >= 15 is 0 Å². The molecule has 100 valence electrons. The summed E-state index contributed by atoms with van der Waals surface area (Å²) >= 11 is 0. The van der Waals surface area contributed by atoms with Crippen molar-refractivity contribution < 1.29 is 5.11 Å². The Morgan fingerprint density at radius 1 is 1.18 bits per heavy atom. The van der Waals surface area contributed by atoms with Crippen LogP contribution in [0.15, 0.2) is 0 Å². The maximum atomic E-state index is 10.5. The van der Waals surface area contributed by atoms with Crippen LogP contribution < -0.4 is 5.32 Å². The lowest BCUT2D eigenvalue weighted by atomic mass is 9.71. The third kappa shape index (κ3) is 4.26.